The van der Waals surface area contributed by atoms with Crippen molar-refractivity contribution in [3.05, 3.63) is 47.0 Å². The normalized spacial score (nSPS) is 13.0. The molecule has 1 aromatic heterocycles. The maximum absolute atomic E-state index is 10.7. The number of aromatic hydroxyl groups is 1. The molecule has 1 heterocycles. The van der Waals surface area contributed by atoms with Crippen LogP contribution in [0.15, 0.2) is 29.8 Å². The monoisotopic (exact) mass is 313 g/mol. The Morgan fingerprint density at radius 3 is 1.96 bits per heavy atom. The molecule has 0 unspecified atom stereocenters. The molecule has 2 rings (SSSR count). The fraction of sp³-hybridized carbons (Fsp3) is 0.474. The molecule has 0 bridgehead atoms. The van der Waals surface area contributed by atoms with Crippen LogP contribution in [-0.2, 0) is 10.8 Å². The number of nitrogens with zero attached hydrogens (tertiary/aromatic N) is 3. The van der Waals surface area contributed by atoms with Crippen molar-refractivity contribution in [2.45, 2.75) is 59.3 Å². The first-order valence-corrected chi connectivity index (χ1v) is 7.91. The van der Waals surface area contributed by atoms with Gasteiger partial charge in [-0.3, -0.25) is 0 Å². The van der Waals surface area contributed by atoms with Crippen molar-refractivity contribution in [2.75, 3.05) is 0 Å². The van der Waals surface area contributed by atoms with Crippen molar-refractivity contribution >= 4 is 6.21 Å². The average Bonchev–Trinajstić information content (AvgIpc) is 2.80. The summed E-state index contributed by atoms with van der Waals surface area (Å²) in [6.45, 7) is 14.6. The lowest BCUT2D eigenvalue weighted by atomic mass is 9.78. The Kier molecular flexibility index (Phi) is 4.38. The molecule has 0 amide bonds. The highest BCUT2D eigenvalue weighted by molar-refractivity contribution is 5.81. The smallest absolute Gasteiger partial charge is 0.123 e. The lowest BCUT2D eigenvalue weighted by Gasteiger charge is -2.27. The van der Waals surface area contributed by atoms with E-state index in [4.69, 9.17) is 0 Å². The summed E-state index contributed by atoms with van der Waals surface area (Å²) in [5.74, 6) is 0.389. The van der Waals surface area contributed by atoms with E-state index in [2.05, 4.69) is 51.6 Å². The lowest BCUT2D eigenvalue weighted by Crippen LogP contribution is -2.17. The minimum atomic E-state index is -0.139. The minimum Gasteiger partial charge on any atom is -0.507 e. The second-order valence-corrected chi connectivity index (χ2v) is 8.10. The van der Waals surface area contributed by atoms with Gasteiger partial charge >= 0.3 is 0 Å². The molecule has 1 N–H and O–H groups in total. The van der Waals surface area contributed by atoms with Crippen LogP contribution in [0.3, 0.4) is 0 Å². The summed E-state index contributed by atoms with van der Waals surface area (Å²) in [6.07, 6.45) is 5.36. The quantitative estimate of drug-likeness (QED) is 0.837. The van der Waals surface area contributed by atoms with Crippen LogP contribution in [0.4, 0.5) is 0 Å². The Morgan fingerprint density at radius 2 is 1.57 bits per heavy atom. The SMILES string of the molecule is Cc1cn(/N=C/c2cc(C(C)(C)C)c(O)c(C(C)(C)C)c2)cn1. The Labute approximate surface area is 138 Å². The number of phenolic OH excluding ortho intramolecular Hbond substituents is 1. The van der Waals surface area contributed by atoms with E-state index < -0.39 is 0 Å². The molecule has 23 heavy (non-hydrogen) atoms. The van der Waals surface area contributed by atoms with Gasteiger partial charge in [-0.15, -0.1) is 0 Å². The van der Waals surface area contributed by atoms with Crippen LogP contribution < -0.4 is 0 Å². The zero-order chi connectivity index (χ0) is 17.4. The third kappa shape index (κ3) is 4.01. The van der Waals surface area contributed by atoms with E-state index in [9.17, 15) is 5.11 Å². The fourth-order valence-corrected chi connectivity index (χ4v) is 2.48. The highest BCUT2D eigenvalue weighted by atomic mass is 16.3. The molecule has 0 aliphatic heterocycles. The topological polar surface area (TPSA) is 50.4 Å². The molecule has 0 saturated heterocycles. The first-order chi connectivity index (χ1) is 10.5. The molecular formula is C19H27N3O. The van der Waals surface area contributed by atoms with Crippen molar-refractivity contribution < 1.29 is 5.11 Å². The molecule has 0 aliphatic carbocycles. The van der Waals surface area contributed by atoms with Crippen LogP contribution in [0.2, 0.25) is 0 Å². The Bertz CT molecular complexity index is 693. The van der Waals surface area contributed by atoms with E-state index >= 15 is 0 Å². The van der Waals surface area contributed by atoms with Gasteiger partial charge < -0.3 is 5.11 Å². The van der Waals surface area contributed by atoms with E-state index in [0.29, 0.717) is 5.75 Å². The van der Waals surface area contributed by atoms with E-state index in [0.717, 1.165) is 22.4 Å². The third-order valence-corrected chi connectivity index (χ3v) is 3.79. The van der Waals surface area contributed by atoms with Crippen molar-refractivity contribution in [1.29, 1.82) is 0 Å². The van der Waals surface area contributed by atoms with Gasteiger partial charge in [0.25, 0.3) is 0 Å². The third-order valence-electron chi connectivity index (χ3n) is 3.79. The molecule has 0 saturated carbocycles. The highest BCUT2D eigenvalue weighted by Crippen LogP contribution is 2.39. The summed E-state index contributed by atoms with van der Waals surface area (Å²) < 4.78 is 1.69. The number of benzene rings is 1. The molecule has 0 spiro atoms. The molecule has 124 valence electrons. The van der Waals surface area contributed by atoms with Gasteiger partial charge in [-0.25, -0.2) is 9.66 Å². The average molecular weight is 313 g/mol. The predicted molar refractivity (Wildman–Crippen MR) is 95.5 cm³/mol. The standard InChI is InChI=1S/C19H27N3O/c1-13-11-22(12-20-13)21-10-14-8-15(18(2,3)4)17(23)16(9-14)19(5,6)7/h8-12,23H,1-7H3/b21-10+. The van der Waals surface area contributed by atoms with Gasteiger partial charge in [-0.2, -0.15) is 5.10 Å². The van der Waals surface area contributed by atoms with Crippen molar-refractivity contribution in [3.63, 3.8) is 0 Å². The second-order valence-electron chi connectivity index (χ2n) is 8.10. The maximum Gasteiger partial charge on any atom is 0.123 e. The summed E-state index contributed by atoms with van der Waals surface area (Å²) in [5.41, 5.74) is 3.50. The van der Waals surface area contributed by atoms with Gasteiger partial charge in [-0.05, 0) is 35.4 Å². The van der Waals surface area contributed by atoms with Crippen molar-refractivity contribution in [2.24, 2.45) is 5.10 Å². The minimum absolute atomic E-state index is 0.139. The predicted octanol–water partition coefficient (Wildman–Crippen LogP) is 4.37. The zero-order valence-corrected chi connectivity index (χ0v) is 15.2. The van der Waals surface area contributed by atoms with Gasteiger partial charge in [0, 0.05) is 11.1 Å². The number of aromatic nitrogens is 2. The number of imidazole rings is 1. The van der Waals surface area contributed by atoms with Crippen LogP contribution in [-0.4, -0.2) is 21.0 Å². The fourth-order valence-electron chi connectivity index (χ4n) is 2.48. The second kappa shape index (κ2) is 5.84. The van der Waals surface area contributed by atoms with Crippen molar-refractivity contribution in [1.82, 2.24) is 9.66 Å². The number of rotatable bonds is 2. The van der Waals surface area contributed by atoms with Gasteiger partial charge in [0.15, 0.2) is 0 Å². The van der Waals surface area contributed by atoms with Crippen LogP contribution in [0.1, 0.15) is 63.9 Å². The number of hydrogen-bond donors (Lipinski definition) is 1. The molecule has 4 heteroatoms. The zero-order valence-electron chi connectivity index (χ0n) is 15.2. The number of hydrogen-bond acceptors (Lipinski definition) is 3. The number of aryl methyl sites for hydroxylation is 1. The molecule has 0 fully saturated rings. The van der Waals surface area contributed by atoms with Crippen LogP contribution in [0.5, 0.6) is 5.75 Å². The Balaban J connectivity index is 2.53. The van der Waals surface area contributed by atoms with Crippen LogP contribution in [0, 0.1) is 6.92 Å². The van der Waals surface area contributed by atoms with Gasteiger partial charge in [-0.1, -0.05) is 41.5 Å². The van der Waals surface area contributed by atoms with Crippen LogP contribution in [0.25, 0.3) is 0 Å². The molecule has 4 nitrogen and oxygen atoms in total. The summed E-state index contributed by atoms with van der Waals surface area (Å²) in [6, 6.07) is 4.02. The molecule has 2 aromatic rings. The number of phenols is 1. The van der Waals surface area contributed by atoms with Gasteiger partial charge in [0.2, 0.25) is 0 Å². The molecule has 0 aliphatic rings. The Hall–Kier alpha value is -2.10. The largest absolute Gasteiger partial charge is 0.507 e. The first-order valence-electron chi connectivity index (χ1n) is 7.91. The summed E-state index contributed by atoms with van der Waals surface area (Å²) in [7, 11) is 0. The summed E-state index contributed by atoms with van der Waals surface area (Å²) in [5, 5.41) is 15.1. The molecule has 0 atom stereocenters. The Morgan fingerprint density at radius 1 is 1.04 bits per heavy atom. The van der Waals surface area contributed by atoms with Gasteiger partial charge in [0.1, 0.15) is 12.1 Å². The van der Waals surface area contributed by atoms with E-state index in [-0.39, 0.29) is 10.8 Å². The molecule has 0 radical (unpaired) electrons. The lowest BCUT2D eigenvalue weighted by molar-refractivity contribution is 0.423. The van der Waals surface area contributed by atoms with E-state index in [1.807, 2.05) is 31.5 Å². The first kappa shape index (κ1) is 17.3. The van der Waals surface area contributed by atoms with Crippen LogP contribution >= 0.6 is 0 Å². The summed E-state index contributed by atoms with van der Waals surface area (Å²) in [4.78, 5) is 4.17. The van der Waals surface area contributed by atoms with Crippen molar-refractivity contribution in [3.8, 4) is 5.75 Å². The van der Waals surface area contributed by atoms with E-state index in [1.165, 1.54) is 0 Å². The maximum atomic E-state index is 10.7. The highest BCUT2D eigenvalue weighted by Gasteiger charge is 2.26. The molecule has 1 aromatic carbocycles. The van der Waals surface area contributed by atoms with Gasteiger partial charge in [0.05, 0.1) is 18.1 Å². The van der Waals surface area contributed by atoms with E-state index in [1.54, 1.807) is 11.0 Å². The summed E-state index contributed by atoms with van der Waals surface area (Å²) >= 11 is 0. The molecular weight excluding hydrogens is 286 g/mol.